The van der Waals surface area contributed by atoms with Crippen LogP contribution in [0.15, 0.2) is 24.3 Å². The number of rotatable bonds is 3. The van der Waals surface area contributed by atoms with Gasteiger partial charge in [0.2, 0.25) is 0 Å². The highest BCUT2D eigenvalue weighted by molar-refractivity contribution is 5.90. The van der Waals surface area contributed by atoms with E-state index in [0.29, 0.717) is 25.3 Å². The largest absolute Gasteiger partial charge is 0.457 e. The van der Waals surface area contributed by atoms with E-state index in [1.54, 1.807) is 32.9 Å². The molecule has 3 aliphatic heterocycles. The molecule has 1 aromatic rings. The Balaban J connectivity index is 0.000000219. The van der Waals surface area contributed by atoms with E-state index in [1.165, 1.54) is 0 Å². The lowest BCUT2D eigenvalue weighted by Gasteiger charge is -2.23. The van der Waals surface area contributed by atoms with Gasteiger partial charge in [0.05, 0.1) is 5.56 Å². The van der Waals surface area contributed by atoms with Gasteiger partial charge in [-0.15, -0.1) is 0 Å². The first-order chi connectivity index (χ1) is 12.7. The van der Waals surface area contributed by atoms with Crippen molar-refractivity contribution in [3.63, 3.8) is 0 Å². The van der Waals surface area contributed by atoms with E-state index in [0.717, 1.165) is 12.1 Å². The number of piperazine rings is 1. The number of nitrogens with one attached hydrogen (secondary N) is 2. The van der Waals surface area contributed by atoms with Crippen LogP contribution in [0.4, 0.5) is 0 Å². The van der Waals surface area contributed by atoms with Crippen LogP contribution < -0.4 is 10.6 Å². The van der Waals surface area contributed by atoms with Crippen LogP contribution in [0.2, 0.25) is 0 Å². The predicted octanol–water partition coefficient (Wildman–Crippen LogP) is 0.790. The molecule has 0 aromatic heterocycles. The summed E-state index contributed by atoms with van der Waals surface area (Å²) in [6.45, 7) is 7.43. The fourth-order valence-corrected chi connectivity index (χ4v) is 2.39. The topological polar surface area (TPSA) is 103 Å². The number of hydrogen-bond donors (Lipinski definition) is 2. The monoisotopic (exact) mass is 378 g/mol. The molecular weight excluding hydrogens is 352 g/mol. The van der Waals surface area contributed by atoms with Gasteiger partial charge in [0.1, 0.15) is 18.2 Å². The van der Waals surface area contributed by atoms with Crippen LogP contribution in [0.1, 0.15) is 36.7 Å². The maximum Gasteiger partial charge on any atom is 0.344 e. The number of carbonyl (C=O) groups excluding carboxylic acids is 3. The third-order valence-corrected chi connectivity index (χ3v) is 3.64. The molecular formula is C19H26N2O6. The number of hydrogen-bond acceptors (Lipinski definition) is 8. The lowest BCUT2D eigenvalue weighted by Crippen LogP contribution is -2.53. The molecule has 0 spiro atoms. The molecule has 148 valence electrons. The highest BCUT2D eigenvalue weighted by atomic mass is 16.6. The van der Waals surface area contributed by atoms with Crippen LogP contribution in [0.25, 0.3) is 0 Å². The van der Waals surface area contributed by atoms with E-state index in [4.69, 9.17) is 14.2 Å². The summed E-state index contributed by atoms with van der Waals surface area (Å²) >= 11 is 0. The molecule has 1 saturated heterocycles. The van der Waals surface area contributed by atoms with Crippen molar-refractivity contribution in [2.24, 2.45) is 0 Å². The molecule has 2 N–H and O–H groups in total. The summed E-state index contributed by atoms with van der Waals surface area (Å²) in [5.74, 6) is -1.18. The number of esters is 3. The summed E-state index contributed by atoms with van der Waals surface area (Å²) in [6.07, 6.45) is 0. The highest BCUT2D eigenvalue weighted by Crippen LogP contribution is 2.12. The van der Waals surface area contributed by atoms with Gasteiger partial charge in [-0.25, -0.2) is 9.59 Å². The van der Waals surface area contributed by atoms with Crippen LogP contribution in [0.5, 0.6) is 0 Å². The zero-order valence-corrected chi connectivity index (χ0v) is 15.9. The lowest BCUT2D eigenvalue weighted by atomic mass is 10.2. The molecule has 0 amide bonds. The van der Waals surface area contributed by atoms with Gasteiger partial charge >= 0.3 is 17.9 Å². The van der Waals surface area contributed by atoms with Crippen LogP contribution >= 0.6 is 0 Å². The fourth-order valence-electron chi connectivity index (χ4n) is 2.39. The van der Waals surface area contributed by atoms with Gasteiger partial charge in [-0.1, -0.05) is 12.1 Å². The summed E-state index contributed by atoms with van der Waals surface area (Å²) in [5, 5.41) is 6.06. The second kappa shape index (κ2) is 9.48. The Morgan fingerprint density at radius 1 is 1.19 bits per heavy atom. The predicted molar refractivity (Wildman–Crippen MR) is 97.0 cm³/mol. The number of benzene rings is 1. The van der Waals surface area contributed by atoms with Gasteiger partial charge in [0.25, 0.3) is 0 Å². The van der Waals surface area contributed by atoms with Gasteiger partial charge in [-0.2, -0.15) is 0 Å². The van der Waals surface area contributed by atoms with Crippen LogP contribution in [0, 0.1) is 0 Å². The van der Waals surface area contributed by atoms with Crippen molar-refractivity contribution in [2.45, 2.75) is 39.0 Å². The summed E-state index contributed by atoms with van der Waals surface area (Å²) in [7, 11) is 0. The SMILES string of the molecule is CC(C)(C)OC(=O)COC(=O)C1CNCCN1.O=C1OCc2ccc1cc2. The Hall–Kier alpha value is -2.45. The van der Waals surface area contributed by atoms with Crippen molar-refractivity contribution in [1.29, 1.82) is 0 Å². The molecule has 8 heteroatoms. The third kappa shape index (κ3) is 7.36. The first-order valence-electron chi connectivity index (χ1n) is 8.83. The van der Waals surface area contributed by atoms with E-state index in [2.05, 4.69) is 10.6 Å². The van der Waals surface area contributed by atoms with Gasteiger partial charge in [0.15, 0.2) is 6.61 Å². The Morgan fingerprint density at radius 2 is 1.89 bits per heavy atom. The van der Waals surface area contributed by atoms with Crippen molar-refractivity contribution >= 4 is 17.9 Å². The zero-order valence-electron chi connectivity index (χ0n) is 15.9. The third-order valence-electron chi connectivity index (χ3n) is 3.64. The van der Waals surface area contributed by atoms with Crippen molar-refractivity contribution in [2.75, 3.05) is 26.2 Å². The molecule has 3 heterocycles. The molecule has 1 unspecified atom stereocenters. The van der Waals surface area contributed by atoms with E-state index < -0.39 is 17.5 Å². The second-order valence-electron chi connectivity index (χ2n) is 7.18. The van der Waals surface area contributed by atoms with E-state index in [9.17, 15) is 14.4 Å². The first-order valence-corrected chi connectivity index (χ1v) is 8.83. The van der Waals surface area contributed by atoms with E-state index in [-0.39, 0.29) is 18.6 Å². The molecule has 8 nitrogen and oxygen atoms in total. The minimum Gasteiger partial charge on any atom is -0.457 e. The minimum atomic E-state index is -0.561. The molecule has 2 bridgehead atoms. The van der Waals surface area contributed by atoms with E-state index >= 15 is 0 Å². The molecule has 3 aliphatic rings. The zero-order chi connectivity index (χ0) is 19.9. The maximum atomic E-state index is 11.5. The Labute approximate surface area is 158 Å². The summed E-state index contributed by atoms with van der Waals surface area (Å²) < 4.78 is 14.7. The summed E-state index contributed by atoms with van der Waals surface area (Å²) in [6, 6.07) is 6.99. The second-order valence-corrected chi connectivity index (χ2v) is 7.18. The molecule has 0 radical (unpaired) electrons. The molecule has 1 atom stereocenters. The minimum absolute atomic E-state index is 0.222. The van der Waals surface area contributed by atoms with Crippen LogP contribution in [-0.2, 0) is 30.4 Å². The smallest absolute Gasteiger partial charge is 0.344 e. The molecule has 0 saturated carbocycles. The first kappa shape index (κ1) is 20.9. The van der Waals surface area contributed by atoms with Crippen LogP contribution in [0.3, 0.4) is 0 Å². The Bertz CT molecular complexity index is 660. The molecule has 1 aromatic carbocycles. The standard InChI is InChI=1S/C11H20N2O4.C8H6O2/c1-11(2,3)17-9(14)7-16-10(15)8-6-12-4-5-13-8;9-8-7-3-1-6(2-4-7)5-10-8/h8,12-13H,4-7H2,1-3H3;1-4H,5H2. The fraction of sp³-hybridized carbons (Fsp3) is 0.526. The van der Waals surface area contributed by atoms with E-state index in [1.807, 2.05) is 12.1 Å². The average molecular weight is 378 g/mol. The quantitative estimate of drug-likeness (QED) is 0.588. The van der Waals surface area contributed by atoms with Gasteiger partial charge < -0.3 is 24.8 Å². The normalized spacial score (nSPS) is 18.5. The molecule has 0 aliphatic carbocycles. The summed E-state index contributed by atoms with van der Waals surface area (Å²) in [4.78, 5) is 33.7. The number of carbonyl (C=O) groups is 3. The van der Waals surface area contributed by atoms with Gasteiger partial charge in [-0.3, -0.25) is 4.79 Å². The van der Waals surface area contributed by atoms with Crippen molar-refractivity contribution in [3.8, 4) is 0 Å². The molecule has 4 rings (SSSR count). The Kier molecular flexibility index (Phi) is 7.32. The van der Waals surface area contributed by atoms with Crippen LogP contribution in [-0.4, -0.2) is 55.8 Å². The van der Waals surface area contributed by atoms with Crippen molar-refractivity contribution in [3.05, 3.63) is 35.4 Å². The molecule has 27 heavy (non-hydrogen) atoms. The van der Waals surface area contributed by atoms with Crippen molar-refractivity contribution in [1.82, 2.24) is 10.6 Å². The van der Waals surface area contributed by atoms with Gasteiger partial charge in [-0.05, 0) is 38.5 Å². The van der Waals surface area contributed by atoms with Crippen molar-refractivity contribution < 1.29 is 28.6 Å². The Morgan fingerprint density at radius 3 is 2.48 bits per heavy atom. The number of ether oxygens (including phenoxy) is 3. The maximum absolute atomic E-state index is 11.5. The molecule has 1 fully saturated rings. The highest BCUT2D eigenvalue weighted by Gasteiger charge is 2.23. The lowest BCUT2D eigenvalue weighted by molar-refractivity contribution is -0.167. The van der Waals surface area contributed by atoms with Gasteiger partial charge in [0, 0.05) is 19.6 Å². The summed E-state index contributed by atoms with van der Waals surface area (Å²) in [5.41, 5.74) is 1.13. The number of fused-ring (bicyclic) bond motifs is 4. The average Bonchev–Trinajstić information content (AvgIpc) is 2.92.